The molecule has 0 saturated carbocycles. The topological polar surface area (TPSA) is 180 Å². The zero-order valence-electron chi connectivity index (χ0n) is 35.7. The Bertz CT molecular complexity index is 2140. The number of pyridine rings is 1. The Kier molecular flexibility index (Phi) is 13.6. The molecule has 1 unspecified atom stereocenters. The van der Waals surface area contributed by atoms with Crippen molar-refractivity contribution in [1.29, 1.82) is 0 Å². The summed E-state index contributed by atoms with van der Waals surface area (Å²) in [7, 11) is 1.65. The number of ether oxygens (including phenoxy) is 3. The average molecular weight is 802 g/mol. The van der Waals surface area contributed by atoms with Gasteiger partial charge in [-0.15, -0.1) is 0 Å². The van der Waals surface area contributed by atoms with Crippen molar-refractivity contribution in [1.82, 2.24) is 29.5 Å². The lowest BCUT2D eigenvalue weighted by atomic mass is 10.1. The molecular weight excluding hydrogens is 747 g/mol. The fourth-order valence-electron chi connectivity index (χ4n) is 5.57. The van der Waals surface area contributed by atoms with Crippen molar-refractivity contribution in [2.24, 2.45) is 0 Å². The maximum Gasteiger partial charge on any atom is 0.425 e. The Labute approximate surface area is 339 Å². The predicted molar refractivity (Wildman–Crippen MR) is 218 cm³/mol. The maximum atomic E-state index is 13.8. The van der Waals surface area contributed by atoms with Gasteiger partial charge in [0.25, 0.3) is 5.56 Å². The lowest BCUT2D eigenvalue weighted by Gasteiger charge is -2.28. The van der Waals surface area contributed by atoms with E-state index in [1.165, 1.54) is 34.0 Å². The van der Waals surface area contributed by atoms with Crippen LogP contribution in [0.4, 0.5) is 20.2 Å². The molecule has 3 heterocycles. The first-order chi connectivity index (χ1) is 26.9. The first kappa shape index (κ1) is 44.7. The summed E-state index contributed by atoms with van der Waals surface area (Å²) >= 11 is 0. The lowest BCUT2D eigenvalue weighted by molar-refractivity contribution is -0.134. The van der Waals surface area contributed by atoms with Gasteiger partial charge in [0.1, 0.15) is 28.5 Å². The van der Waals surface area contributed by atoms with E-state index < -0.39 is 46.7 Å². The predicted octanol–water partition coefficient (Wildman–Crippen LogP) is 8.10. The molecule has 58 heavy (non-hydrogen) atoms. The van der Waals surface area contributed by atoms with Crippen molar-refractivity contribution in [2.45, 2.75) is 112 Å². The lowest BCUT2D eigenvalue weighted by Crippen LogP contribution is -2.44. The number of carbonyl (C=O) groups is 4. The van der Waals surface area contributed by atoms with E-state index in [-0.39, 0.29) is 28.9 Å². The molecule has 16 heteroatoms. The van der Waals surface area contributed by atoms with E-state index in [1.807, 2.05) is 26.0 Å². The van der Waals surface area contributed by atoms with Gasteiger partial charge in [0.05, 0.1) is 11.9 Å². The van der Waals surface area contributed by atoms with Crippen molar-refractivity contribution in [3.8, 4) is 34.0 Å². The summed E-state index contributed by atoms with van der Waals surface area (Å²) in [5.74, 6) is -0.466. The van der Waals surface area contributed by atoms with Crippen molar-refractivity contribution in [3.63, 3.8) is 0 Å². The molecule has 1 atom stereocenters. The minimum Gasteiger partial charge on any atom is -0.444 e. The van der Waals surface area contributed by atoms with Gasteiger partial charge in [-0.3, -0.25) is 9.59 Å². The minimum atomic E-state index is -1.07. The average Bonchev–Trinajstić information content (AvgIpc) is 3.60. The fraction of sp³-hybridized carbons (Fsp3) is 0.476. The molecule has 16 nitrogen and oxygen atoms in total. The van der Waals surface area contributed by atoms with Crippen molar-refractivity contribution in [2.75, 3.05) is 25.0 Å². The number of carbonyl (C=O) groups excluding carboxylic acids is 4. The summed E-state index contributed by atoms with van der Waals surface area (Å²) < 4.78 is 23.9. The molecule has 0 spiro atoms. The summed E-state index contributed by atoms with van der Waals surface area (Å²) in [5.41, 5.74) is -0.616. The molecule has 0 bridgehead atoms. The van der Waals surface area contributed by atoms with Crippen molar-refractivity contribution in [3.05, 3.63) is 70.8 Å². The van der Waals surface area contributed by atoms with Gasteiger partial charge in [-0.1, -0.05) is 29.4 Å². The molecular formula is C42H55N7O9. The molecule has 0 saturated heterocycles. The van der Waals surface area contributed by atoms with Gasteiger partial charge in [-0.25, -0.2) is 24.4 Å². The minimum absolute atomic E-state index is 0.0311. The molecule has 3 aromatic heterocycles. The number of hydrogen-bond donors (Lipinski definition) is 0. The quantitative estimate of drug-likeness (QED) is 0.141. The van der Waals surface area contributed by atoms with Crippen LogP contribution in [0, 0.1) is 0 Å². The van der Waals surface area contributed by atoms with Crippen LogP contribution in [0.3, 0.4) is 0 Å². The van der Waals surface area contributed by atoms with E-state index in [1.54, 1.807) is 99.4 Å². The van der Waals surface area contributed by atoms with Gasteiger partial charge in [0, 0.05) is 56.1 Å². The highest BCUT2D eigenvalue weighted by molar-refractivity contribution is 6.10. The Hall–Kier alpha value is -6.06. The monoisotopic (exact) mass is 801 g/mol. The van der Waals surface area contributed by atoms with Crippen molar-refractivity contribution >= 4 is 30.0 Å². The van der Waals surface area contributed by atoms with Gasteiger partial charge in [-0.05, 0) is 94.7 Å². The van der Waals surface area contributed by atoms with Crippen molar-refractivity contribution < 1.29 is 37.9 Å². The number of benzene rings is 1. The van der Waals surface area contributed by atoms with Crippen LogP contribution in [-0.2, 0) is 25.5 Å². The Morgan fingerprint density at radius 3 is 1.84 bits per heavy atom. The number of hydrogen-bond acceptors (Lipinski definition) is 12. The van der Waals surface area contributed by atoms with Gasteiger partial charge < -0.3 is 33.1 Å². The number of anilines is 1. The molecule has 4 rings (SSSR count). The number of aromatic nitrogens is 4. The highest BCUT2D eigenvalue weighted by Gasteiger charge is 2.37. The fourth-order valence-corrected chi connectivity index (χ4v) is 5.57. The molecule has 4 amide bonds. The van der Waals surface area contributed by atoms with Gasteiger partial charge in [0.2, 0.25) is 5.91 Å². The summed E-state index contributed by atoms with van der Waals surface area (Å²) in [5, 5.41) is 4.27. The second-order valence-electron chi connectivity index (χ2n) is 16.7. The van der Waals surface area contributed by atoms with E-state index >= 15 is 0 Å². The third-order valence-corrected chi connectivity index (χ3v) is 8.32. The summed E-state index contributed by atoms with van der Waals surface area (Å²) in [6.45, 7) is 21.9. The Morgan fingerprint density at radius 1 is 0.776 bits per heavy atom. The van der Waals surface area contributed by atoms with Crippen LogP contribution in [-0.4, -0.2) is 90.6 Å². The molecule has 312 valence electrons. The van der Waals surface area contributed by atoms with Crippen LogP contribution >= 0.6 is 0 Å². The third-order valence-electron chi connectivity index (χ3n) is 8.32. The van der Waals surface area contributed by atoms with Crippen LogP contribution in [0.2, 0.25) is 0 Å². The molecule has 4 aromatic rings. The second kappa shape index (κ2) is 17.6. The van der Waals surface area contributed by atoms with E-state index in [2.05, 4.69) is 10.1 Å². The number of imide groups is 1. The molecule has 0 radical (unpaired) electrons. The number of amides is 4. The Morgan fingerprint density at radius 2 is 1.31 bits per heavy atom. The van der Waals surface area contributed by atoms with Crippen LogP contribution in [0.1, 0.15) is 94.7 Å². The molecule has 0 aliphatic carbocycles. The van der Waals surface area contributed by atoms with Crippen LogP contribution in [0.25, 0.3) is 34.0 Å². The normalized spacial score (nSPS) is 12.4. The highest BCUT2D eigenvalue weighted by atomic mass is 16.6. The van der Waals surface area contributed by atoms with Crippen LogP contribution < -0.4 is 10.5 Å². The summed E-state index contributed by atoms with van der Waals surface area (Å²) in [6.07, 6.45) is 0.231. The number of nitrogens with zero attached hydrogens (tertiary/aromatic N) is 7. The van der Waals surface area contributed by atoms with Gasteiger partial charge in [-0.2, -0.15) is 4.90 Å². The van der Waals surface area contributed by atoms with Crippen LogP contribution in [0.5, 0.6) is 0 Å². The Balaban J connectivity index is 1.84. The van der Waals surface area contributed by atoms with E-state index in [0.717, 1.165) is 5.56 Å². The number of likely N-dealkylation sites (N-methyl/N-ethyl adjacent to an activating group) is 1. The molecule has 0 aliphatic heterocycles. The SMILES string of the molecule is CCN(CC)C(=O)C(C)n1cc(-c2cnc(N(C(=O)OC(C)(C)C)C(=O)OC(C)(C)C)c(-c3cc(-c4ccc(CN(C)C(=O)OC(C)(C)C)cc4)no3)n2)ccc1=O. The standard InChI is InChI=1S/C42H55N7O9/c1-14-47(15-2)36(51)26(3)48-25-29(20-21-33(48)50)31-23-43-35(49(38(53)56-41(7,8)9)39(54)57-42(10,11)12)34(44-31)32-22-30(45-58-32)28-18-16-27(17-19-28)24-46(13)37(52)55-40(4,5)6/h16-23,25-26H,14-15,24H2,1-13H3. The van der Waals surface area contributed by atoms with E-state index in [9.17, 15) is 24.0 Å². The highest BCUT2D eigenvalue weighted by Crippen LogP contribution is 2.34. The second-order valence-corrected chi connectivity index (χ2v) is 16.7. The van der Waals surface area contributed by atoms with E-state index in [4.69, 9.17) is 23.7 Å². The maximum absolute atomic E-state index is 13.8. The first-order valence-corrected chi connectivity index (χ1v) is 19.1. The number of rotatable bonds is 10. The largest absolute Gasteiger partial charge is 0.444 e. The van der Waals surface area contributed by atoms with Crippen LogP contribution in [0.15, 0.2) is 64.2 Å². The summed E-state index contributed by atoms with van der Waals surface area (Å²) in [6, 6.07) is 10.9. The molecule has 0 N–H and O–H groups in total. The van der Waals surface area contributed by atoms with Gasteiger partial charge in [0.15, 0.2) is 17.3 Å². The van der Waals surface area contributed by atoms with Gasteiger partial charge >= 0.3 is 18.3 Å². The summed E-state index contributed by atoms with van der Waals surface area (Å²) in [4.78, 5) is 79.5. The molecule has 0 fully saturated rings. The molecule has 0 aliphatic rings. The third kappa shape index (κ3) is 11.5. The smallest absolute Gasteiger partial charge is 0.425 e. The molecule has 1 aromatic carbocycles. The van der Waals surface area contributed by atoms with E-state index in [0.29, 0.717) is 41.4 Å². The zero-order valence-corrected chi connectivity index (χ0v) is 35.7. The zero-order chi connectivity index (χ0) is 43.3. The first-order valence-electron chi connectivity index (χ1n) is 19.1.